The molecule has 0 heterocycles. The van der Waals surface area contributed by atoms with Crippen LogP contribution in [-0.2, 0) is 4.79 Å². The number of rotatable bonds is 1. The van der Waals surface area contributed by atoms with Gasteiger partial charge in [-0.05, 0) is 0 Å². The minimum atomic E-state index is -0.981. The predicted octanol–water partition coefficient (Wildman–Crippen LogP) is 1.42. The second-order valence-electron chi connectivity index (χ2n) is 0.792. The zero-order valence-electron chi connectivity index (χ0n) is 6.55. The van der Waals surface area contributed by atoms with Crippen molar-refractivity contribution in [1.29, 1.82) is 0 Å². The van der Waals surface area contributed by atoms with Gasteiger partial charge in [-0.1, -0.05) is 19.7 Å². The molecule has 0 fully saturated rings. The summed E-state index contributed by atoms with van der Waals surface area (Å²) in [6, 6.07) is 0. The van der Waals surface area contributed by atoms with E-state index in [9.17, 15) is 4.79 Å². The first kappa shape index (κ1) is 16.4. The molecule has 0 saturated carbocycles. The first-order valence-electron chi connectivity index (χ1n) is 2.83. The van der Waals surface area contributed by atoms with E-state index >= 15 is 0 Å². The van der Waals surface area contributed by atoms with E-state index in [0.29, 0.717) is 0 Å². The second-order valence-corrected chi connectivity index (χ2v) is 0.792. The molecule has 0 radical (unpaired) electrons. The molecule has 0 aliphatic rings. The van der Waals surface area contributed by atoms with Crippen LogP contribution in [-0.4, -0.2) is 39.0 Å². The van der Waals surface area contributed by atoms with Crippen LogP contribution in [0.1, 0.15) is 0 Å². The van der Waals surface area contributed by atoms with Crippen molar-refractivity contribution in [2.24, 2.45) is 0 Å². The molecule has 1 N–H and O–H groups in total. The third-order valence-electron chi connectivity index (χ3n) is 0.175. The van der Waals surface area contributed by atoms with Crippen LogP contribution in [0.3, 0.4) is 0 Å². The van der Waals surface area contributed by atoms with Crippen molar-refractivity contribution < 1.29 is 9.90 Å². The molecule has 0 rings (SSSR count). The number of carbonyl (C=O) groups is 1. The Morgan fingerprint density at radius 1 is 1.60 bits per heavy atom. The van der Waals surface area contributed by atoms with Crippen LogP contribution in [0, 0.1) is 0 Å². The maximum atomic E-state index is 9.25. The molecule has 52 valence electrons. The van der Waals surface area contributed by atoms with Gasteiger partial charge in [0, 0.05) is 6.08 Å². The van der Waals surface area contributed by atoms with Crippen LogP contribution in [0.2, 0.25) is 4.17 Å². The van der Waals surface area contributed by atoms with Crippen LogP contribution in [0.5, 0.6) is 0 Å². The van der Waals surface area contributed by atoms with E-state index in [-0.39, 0.29) is 0 Å². The SMILES string of the molecule is C=C=C.C=CC(=O)O.[CH3][Na]. The maximum absolute atomic E-state index is 9.25. The summed E-state index contributed by atoms with van der Waals surface area (Å²) in [7, 11) is 0. The van der Waals surface area contributed by atoms with Crippen LogP contribution in [0.4, 0.5) is 0 Å². The van der Waals surface area contributed by atoms with Gasteiger partial charge in [-0.2, -0.15) is 0 Å². The van der Waals surface area contributed by atoms with Crippen molar-refractivity contribution in [1.82, 2.24) is 0 Å². The fraction of sp³-hybridized carbons (Fsp3) is 0.143. The molecule has 2 nitrogen and oxygen atoms in total. The van der Waals surface area contributed by atoms with E-state index in [2.05, 4.69) is 29.6 Å². The molecule has 0 atom stereocenters. The minimum absolute atomic E-state index is 0.833. The molecule has 0 aromatic heterocycles. The van der Waals surface area contributed by atoms with Gasteiger partial charge in [0.05, 0.1) is 0 Å². The second kappa shape index (κ2) is 23.3. The Balaban J connectivity index is -0.0000000847. The average molecular weight is 150 g/mol. The standard InChI is InChI=1S/C3H4O2.C3H4.CH3.Na/c1-2-3(4)5;1-3-2;;/h2H,1H2,(H,4,5);1-2H2;1H3;. The first-order valence-corrected chi connectivity index (χ1v) is 4.83. The van der Waals surface area contributed by atoms with Crippen molar-refractivity contribution in [2.75, 3.05) is 0 Å². The molecule has 0 aliphatic heterocycles. The Hall–Kier alpha value is -0.270. The fourth-order valence-corrected chi connectivity index (χ4v) is 0. The summed E-state index contributed by atoms with van der Waals surface area (Å²) in [6.07, 6.45) is 0.833. The summed E-state index contributed by atoms with van der Waals surface area (Å²) in [5.41, 5.74) is 2.25. The van der Waals surface area contributed by atoms with Gasteiger partial charge in [-0.15, -0.1) is 5.73 Å². The van der Waals surface area contributed by atoms with Gasteiger partial charge in [0.25, 0.3) is 0 Å². The zero-order chi connectivity index (χ0) is 8.99. The monoisotopic (exact) mass is 150 g/mol. The molecule has 3 heteroatoms. The molecular weight excluding hydrogens is 139 g/mol. The molecule has 0 saturated heterocycles. The summed E-state index contributed by atoms with van der Waals surface area (Å²) < 4.78 is 2.14. The van der Waals surface area contributed by atoms with Gasteiger partial charge in [0.15, 0.2) is 0 Å². The van der Waals surface area contributed by atoms with Crippen molar-refractivity contribution in [3.8, 4) is 0 Å². The summed E-state index contributed by atoms with van der Waals surface area (Å²) in [6.45, 7) is 9.21. The molecule has 10 heavy (non-hydrogen) atoms. The predicted molar refractivity (Wildman–Crippen MR) is 44.2 cm³/mol. The van der Waals surface area contributed by atoms with Gasteiger partial charge in [-0.25, -0.2) is 4.79 Å². The van der Waals surface area contributed by atoms with E-state index in [1.165, 1.54) is 27.9 Å². The number of carboxylic acids is 1. The molecule has 0 unspecified atom stereocenters. The third kappa shape index (κ3) is 117. The Kier molecular flexibility index (Phi) is 38.2. The summed E-state index contributed by atoms with van der Waals surface area (Å²) in [5.74, 6) is -0.981. The van der Waals surface area contributed by atoms with Gasteiger partial charge >= 0.3 is 38.1 Å². The zero-order valence-corrected chi connectivity index (χ0v) is 8.55. The molecule has 0 spiro atoms. The molecule has 0 aromatic carbocycles. The quantitative estimate of drug-likeness (QED) is 0.348. The first-order chi connectivity index (χ1) is 4.68. The Bertz CT molecular complexity index is 113. The Morgan fingerprint density at radius 3 is 1.70 bits per heavy atom. The molecule has 0 aliphatic carbocycles. The summed E-state index contributed by atoms with van der Waals surface area (Å²) in [4.78, 5) is 9.25. The van der Waals surface area contributed by atoms with Crippen LogP contribution >= 0.6 is 0 Å². The van der Waals surface area contributed by atoms with Crippen LogP contribution < -0.4 is 0 Å². The van der Waals surface area contributed by atoms with E-state index in [4.69, 9.17) is 5.11 Å². The van der Waals surface area contributed by atoms with Gasteiger partial charge in [0.1, 0.15) is 0 Å². The number of carboxylic acid groups (broad SMARTS) is 1. The Morgan fingerprint density at radius 2 is 1.70 bits per heavy atom. The topological polar surface area (TPSA) is 37.3 Å². The van der Waals surface area contributed by atoms with E-state index in [0.717, 1.165) is 6.08 Å². The average Bonchev–Trinajstić information content (AvgIpc) is 1.94. The number of aliphatic carboxylic acids is 1. The van der Waals surface area contributed by atoms with Crippen LogP contribution in [0.15, 0.2) is 31.5 Å². The molecule has 0 amide bonds. The van der Waals surface area contributed by atoms with Gasteiger partial charge < -0.3 is 5.11 Å². The van der Waals surface area contributed by atoms with Gasteiger partial charge in [-0.3, -0.25) is 0 Å². The molecule has 0 aromatic rings. The van der Waals surface area contributed by atoms with Gasteiger partial charge in [0.2, 0.25) is 0 Å². The summed E-state index contributed by atoms with van der Waals surface area (Å²) >= 11 is 1.31. The number of hydrogen-bond acceptors (Lipinski definition) is 1. The van der Waals surface area contributed by atoms with Crippen LogP contribution in [0.25, 0.3) is 0 Å². The number of hydrogen-bond donors (Lipinski definition) is 1. The van der Waals surface area contributed by atoms with E-state index in [1.807, 2.05) is 0 Å². The normalized spacial score (nSPS) is 4.70. The van der Waals surface area contributed by atoms with Crippen molar-refractivity contribution in [2.45, 2.75) is 4.17 Å². The third-order valence-corrected chi connectivity index (χ3v) is 0.175. The van der Waals surface area contributed by atoms with Crippen molar-refractivity contribution in [3.05, 3.63) is 31.5 Å². The van der Waals surface area contributed by atoms with E-state index in [1.54, 1.807) is 0 Å². The summed E-state index contributed by atoms with van der Waals surface area (Å²) in [5, 5.41) is 7.60. The Labute approximate surface area is 79.4 Å². The molecular formula is C7H11NaO2. The van der Waals surface area contributed by atoms with Crippen molar-refractivity contribution in [3.63, 3.8) is 0 Å². The molecule has 0 bridgehead atoms. The van der Waals surface area contributed by atoms with E-state index < -0.39 is 5.97 Å². The van der Waals surface area contributed by atoms with Crippen molar-refractivity contribution >= 4 is 33.9 Å². The fourth-order valence-electron chi connectivity index (χ4n) is 0.